The van der Waals surface area contributed by atoms with Crippen LogP contribution in [0.4, 0.5) is 0 Å². The molecule has 1 nitrogen and oxygen atoms in total. The van der Waals surface area contributed by atoms with Crippen LogP contribution >= 0.6 is 0 Å². The largest absolute Gasteiger partial charge is 0.299 e. The Bertz CT molecular complexity index is 408. The van der Waals surface area contributed by atoms with E-state index >= 15 is 0 Å². The van der Waals surface area contributed by atoms with E-state index in [0.29, 0.717) is 11.7 Å². The van der Waals surface area contributed by atoms with E-state index < -0.39 is 0 Å². The van der Waals surface area contributed by atoms with E-state index in [9.17, 15) is 4.79 Å². The van der Waals surface area contributed by atoms with Crippen LogP contribution in [0.2, 0.25) is 0 Å². The van der Waals surface area contributed by atoms with Crippen molar-refractivity contribution in [1.82, 2.24) is 0 Å². The van der Waals surface area contributed by atoms with Crippen LogP contribution < -0.4 is 0 Å². The van der Waals surface area contributed by atoms with Crippen molar-refractivity contribution in [2.75, 3.05) is 0 Å². The standard InChI is InChI=1S/C16H22O/c1-11-5-10-14(17)15(11)12-6-8-13(9-7-12)16(2,3)4/h6-9,11,15H,5,10H2,1-4H3/t11-,15-/m0/s1. The predicted octanol–water partition coefficient (Wildman–Crippen LogP) is 4.07. The molecule has 0 aromatic heterocycles. The molecular formula is C16H22O. The van der Waals surface area contributed by atoms with Gasteiger partial charge in [0.15, 0.2) is 0 Å². The van der Waals surface area contributed by atoms with Gasteiger partial charge in [-0.15, -0.1) is 0 Å². The highest BCUT2D eigenvalue weighted by molar-refractivity contribution is 5.88. The summed E-state index contributed by atoms with van der Waals surface area (Å²) in [5.41, 5.74) is 2.72. The van der Waals surface area contributed by atoms with E-state index in [0.717, 1.165) is 12.8 Å². The van der Waals surface area contributed by atoms with Crippen LogP contribution in [0.1, 0.15) is 57.6 Å². The first-order valence-electron chi connectivity index (χ1n) is 6.53. The second-order valence-electron chi connectivity index (χ2n) is 6.33. The Labute approximate surface area is 104 Å². The number of Topliss-reactive ketones (excluding diaryl/α,β-unsaturated/α-hetero) is 1. The minimum Gasteiger partial charge on any atom is -0.299 e. The molecule has 1 saturated carbocycles. The number of benzene rings is 1. The lowest BCUT2D eigenvalue weighted by Gasteiger charge is -2.21. The van der Waals surface area contributed by atoms with E-state index in [-0.39, 0.29) is 11.3 Å². The van der Waals surface area contributed by atoms with Crippen LogP contribution in [0, 0.1) is 5.92 Å². The quantitative estimate of drug-likeness (QED) is 0.711. The average molecular weight is 230 g/mol. The molecule has 2 rings (SSSR count). The molecule has 0 unspecified atom stereocenters. The molecule has 1 heteroatoms. The molecule has 1 aliphatic rings. The monoisotopic (exact) mass is 230 g/mol. The van der Waals surface area contributed by atoms with Crippen molar-refractivity contribution in [3.05, 3.63) is 35.4 Å². The zero-order chi connectivity index (χ0) is 12.6. The topological polar surface area (TPSA) is 17.1 Å². The highest BCUT2D eigenvalue weighted by Crippen LogP contribution is 2.37. The van der Waals surface area contributed by atoms with Crippen LogP contribution in [0.3, 0.4) is 0 Å². The van der Waals surface area contributed by atoms with Crippen LogP contribution in [-0.4, -0.2) is 5.78 Å². The molecule has 1 aromatic carbocycles. The molecule has 17 heavy (non-hydrogen) atoms. The average Bonchev–Trinajstić information content (AvgIpc) is 2.58. The van der Waals surface area contributed by atoms with Crippen molar-refractivity contribution >= 4 is 5.78 Å². The van der Waals surface area contributed by atoms with E-state index in [1.165, 1.54) is 11.1 Å². The summed E-state index contributed by atoms with van der Waals surface area (Å²) in [5.74, 6) is 1.06. The van der Waals surface area contributed by atoms with Crippen molar-refractivity contribution in [3.8, 4) is 0 Å². The molecule has 0 spiro atoms. The van der Waals surface area contributed by atoms with Gasteiger partial charge in [-0.3, -0.25) is 4.79 Å². The van der Waals surface area contributed by atoms with Crippen molar-refractivity contribution in [2.24, 2.45) is 5.92 Å². The van der Waals surface area contributed by atoms with E-state index in [2.05, 4.69) is 52.0 Å². The second kappa shape index (κ2) is 4.29. The van der Waals surface area contributed by atoms with Gasteiger partial charge in [0.2, 0.25) is 0 Å². The van der Waals surface area contributed by atoms with Gasteiger partial charge in [-0.1, -0.05) is 52.0 Å². The summed E-state index contributed by atoms with van der Waals surface area (Å²) in [5, 5.41) is 0. The number of rotatable bonds is 1. The molecule has 2 atom stereocenters. The number of ketones is 1. The number of hydrogen-bond donors (Lipinski definition) is 0. The zero-order valence-corrected chi connectivity index (χ0v) is 11.3. The number of carbonyl (C=O) groups excluding carboxylic acids is 1. The Hall–Kier alpha value is -1.11. The molecule has 0 bridgehead atoms. The van der Waals surface area contributed by atoms with Gasteiger partial charge in [-0.2, -0.15) is 0 Å². The maximum absolute atomic E-state index is 11.9. The molecule has 1 fully saturated rings. The van der Waals surface area contributed by atoms with Gasteiger partial charge in [-0.25, -0.2) is 0 Å². The molecule has 0 saturated heterocycles. The third-order valence-corrected chi connectivity index (χ3v) is 3.90. The van der Waals surface area contributed by atoms with Crippen molar-refractivity contribution in [2.45, 2.75) is 51.9 Å². The fourth-order valence-electron chi connectivity index (χ4n) is 2.71. The fourth-order valence-corrected chi connectivity index (χ4v) is 2.71. The minimum absolute atomic E-state index is 0.143. The summed E-state index contributed by atoms with van der Waals surface area (Å²) < 4.78 is 0. The van der Waals surface area contributed by atoms with E-state index in [4.69, 9.17) is 0 Å². The van der Waals surface area contributed by atoms with Gasteiger partial charge < -0.3 is 0 Å². The summed E-state index contributed by atoms with van der Waals surface area (Å²) in [6.07, 6.45) is 1.80. The van der Waals surface area contributed by atoms with Crippen LogP contribution in [-0.2, 0) is 10.2 Å². The lowest BCUT2D eigenvalue weighted by Crippen LogP contribution is -2.13. The maximum atomic E-state index is 11.9. The molecule has 0 heterocycles. The lowest BCUT2D eigenvalue weighted by molar-refractivity contribution is -0.118. The first kappa shape index (κ1) is 12.3. The van der Waals surface area contributed by atoms with Gasteiger partial charge >= 0.3 is 0 Å². The second-order valence-corrected chi connectivity index (χ2v) is 6.33. The normalized spacial score (nSPS) is 25.3. The predicted molar refractivity (Wildman–Crippen MR) is 71.3 cm³/mol. The number of hydrogen-bond acceptors (Lipinski definition) is 1. The minimum atomic E-state index is 0.143. The summed E-state index contributed by atoms with van der Waals surface area (Å²) in [6, 6.07) is 8.64. The van der Waals surface area contributed by atoms with Gasteiger partial charge in [0.05, 0.1) is 0 Å². The van der Waals surface area contributed by atoms with Gasteiger partial charge in [0, 0.05) is 12.3 Å². The highest BCUT2D eigenvalue weighted by atomic mass is 16.1. The summed E-state index contributed by atoms with van der Waals surface area (Å²) in [7, 11) is 0. The van der Waals surface area contributed by atoms with Crippen LogP contribution in [0.5, 0.6) is 0 Å². The van der Waals surface area contributed by atoms with Crippen molar-refractivity contribution in [3.63, 3.8) is 0 Å². The SMILES string of the molecule is C[C@H]1CCC(=O)[C@@H]1c1ccc(C(C)(C)C)cc1. The van der Waals surface area contributed by atoms with Crippen LogP contribution in [0.25, 0.3) is 0 Å². The Morgan fingerprint density at radius 3 is 2.12 bits per heavy atom. The Kier molecular flexibility index (Phi) is 3.11. The first-order valence-corrected chi connectivity index (χ1v) is 6.53. The Morgan fingerprint density at radius 2 is 1.71 bits per heavy atom. The third-order valence-electron chi connectivity index (χ3n) is 3.90. The van der Waals surface area contributed by atoms with E-state index in [1.807, 2.05) is 0 Å². The van der Waals surface area contributed by atoms with Gasteiger partial charge in [0.25, 0.3) is 0 Å². The lowest BCUT2D eigenvalue weighted by atomic mass is 9.84. The van der Waals surface area contributed by atoms with Gasteiger partial charge in [-0.05, 0) is 28.9 Å². The maximum Gasteiger partial charge on any atom is 0.140 e. The first-order chi connectivity index (χ1) is 7.89. The molecule has 1 aliphatic carbocycles. The molecule has 0 aliphatic heterocycles. The molecule has 0 N–H and O–H groups in total. The molecule has 0 radical (unpaired) electrons. The van der Waals surface area contributed by atoms with Crippen molar-refractivity contribution < 1.29 is 4.79 Å². The highest BCUT2D eigenvalue weighted by Gasteiger charge is 2.32. The molecular weight excluding hydrogens is 208 g/mol. The van der Waals surface area contributed by atoms with Gasteiger partial charge in [0.1, 0.15) is 5.78 Å². The fraction of sp³-hybridized carbons (Fsp3) is 0.562. The Morgan fingerprint density at radius 1 is 1.12 bits per heavy atom. The summed E-state index contributed by atoms with van der Waals surface area (Å²) in [6.45, 7) is 8.83. The number of carbonyl (C=O) groups is 1. The summed E-state index contributed by atoms with van der Waals surface area (Å²) >= 11 is 0. The molecule has 0 amide bonds. The third kappa shape index (κ3) is 2.43. The smallest absolute Gasteiger partial charge is 0.140 e. The molecule has 92 valence electrons. The van der Waals surface area contributed by atoms with Crippen molar-refractivity contribution in [1.29, 1.82) is 0 Å². The summed E-state index contributed by atoms with van der Waals surface area (Å²) in [4.78, 5) is 11.9. The molecule has 1 aromatic rings. The Balaban J connectivity index is 2.27. The van der Waals surface area contributed by atoms with Crippen LogP contribution in [0.15, 0.2) is 24.3 Å². The zero-order valence-electron chi connectivity index (χ0n) is 11.3. The van der Waals surface area contributed by atoms with E-state index in [1.54, 1.807) is 0 Å².